The number of nitrogens with one attached hydrogen (secondary N) is 1. The van der Waals surface area contributed by atoms with Gasteiger partial charge in [-0.05, 0) is 24.3 Å². The van der Waals surface area contributed by atoms with Gasteiger partial charge in [0.15, 0.2) is 0 Å². The summed E-state index contributed by atoms with van der Waals surface area (Å²) < 4.78 is 13.8. The van der Waals surface area contributed by atoms with E-state index < -0.39 is 11.7 Å². The van der Waals surface area contributed by atoms with E-state index in [1.807, 2.05) is 30.3 Å². The van der Waals surface area contributed by atoms with Crippen molar-refractivity contribution >= 4 is 29.1 Å². The Labute approximate surface area is 137 Å². The van der Waals surface area contributed by atoms with Gasteiger partial charge in [0.25, 0.3) is 5.91 Å². The SMILES string of the molecule is O=C(N[C@H]1CC(=O)N(c2ccccc2)C1)c1c(F)cccc1Cl. The van der Waals surface area contributed by atoms with Crippen LogP contribution in [0.5, 0.6) is 0 Å². The molecule has 0 bridgehead atoms. The van der Waals surface area contributed by atoms with Crippen LogP contribution in [0.1, 0.15) is 16.8 Å². The number of rotatable bonds is 3. The lowest BCUT2D eigenvalue weighted by Crippen LogP contribution is -2.37. The topological polar surface area (TPSA) is 49.4 Å². The number of halogens is 2. The van der Waals surface area contributed by atoms with E-state index in [-0.39, 0.29) is 29.0 Å². The maximum Gasteiger partial charge on any atom is 0.256 e. The van der Waals surface area contributed by atoms with Gasteiger partial charge < -0.3 is 10.2 Å². The largest absolute Gasteiger partial charge is 0.347 e. The molecule has 1 saturated heterocycles. The molecule has 2 aromatic carbocycles. The maximum absolute atomic E-state index is 13.8. The van der Waals surface area contributed by atoms with E-state index in [4.69, 9.17) is 11.6 Å². The van der Waals surface area contributed by atoms with Gasteiger partial charge in [-0.3, -0.25) is 9.59 Å². The Balaban J connectivity index is 1.73. The van der Waals surface area contributed by atoms with E-state index in [9.17, 15) is 14.0 Å². The highest BCUT2D eigenvalue weighted by Gasteiger charge is 2.32. The first-order valence-corrected chi connectivity index (χ1v) is 7.54. The summed E-state index contributed by atoms with van der Waals surface area (Å²) in [6.07, 6.45) is 0.173. The van der Waals surface area contributed by atoms with Gasteiger partial charge >= 0.3 is 0 Å². The van der Waals surface area contributed by atoms with Crippen LogP contribution >= 0.6 is 11.6 Å². The van der Waals surface area contributed by atoms with E-state index in [1.54, 1.807) is 4.90 Å². The number of benzene rings is 2. The Morgan fingerprint density at radius 1 is 1.17 bits per heavy atom. The van der Waals surface area contributed by atoms with Gasteiger partial charge in [-0.2, -0.15) is 0 Å². The summed E-state index contributed by atoms with van der Waals surface area (Å²) >= 11 is 5.88. The molecule has 0 saturated carbocycles. The maximum atomic E-state index is 13.8. The Morgan fingerprint density at radius 3 is 2.61 bits per heavy atom. The minimum Gasteiger partial charge on any atom is -0.347 e. The molecule has 1 atom stereocenters. The van der Waals surface area contributed by atoms with Crippen LogP contribution in [0.4, 0.5) is 10.1 Å². The van der Waals surface area contributed by atoms with Crippen LogP contribution in [0.2, 0.25) is 5.02 Å². The molecule has 118 valence electrons. The van der Waals surface area contributed by atoms with Gasteiger partial charge in [0.05, 0.1) is 16.6 Å². The number of hydrogen-bond acceptors (Lipinski definition) is 2. The lowest BCUT2D eigenvalue weighted by Gasteiger charge is -2.17. The molecule has 0 aromatic heterocycles. The third kappa shape index (κ3) is 3.19. The Kier molecular flexibility index (Phi) is 4.30. The number of nitrogens with zero attached hydrogens (tertiary/aromatic N) is 1. The molecule has 6 heteroatoms. The molecule has 0 unspecified atom stereocenters. The van der Waals surface area contributed by atoms with Crippen LogP contribution in [-0.4, -0.2) is 24.4 Å². The Morgan fingerprint density at radius 2 is 1.91 bits per heavy atom. The van der Waals surface area contributed by atoms with Crippen molar-refractivity contribution in [2.45, 2.75) is 12.5 Å². The van der Waals surface area contributed by atoms with Crippen molar-refractivity contribution in [1.82, 2.24) is 5.32 Å². The molecule has 0 radical (unpaired) electrons. The minimum atomic E-state index is -0.681. The van der Waals surface area contributed by atoms with Crippen molar-refractivity contribution in [2.24, 2.45) is 0 Å². The van der Waals surface area contributed by atoms with E-state index in [1.165, 1.54) is 18.2 Å². The lowest BCUT2D eigenvalue weighted by atomic mass is 10.1. The molecule has 1 fully saturated rings. The second-order valence-electron chi connectivity index (χ2n) is 5.31. The molecule has 23 heavy (non-hydrogen) atoms. The van der Waals surface area contributed by atoms with Crippen molar-refractivity contribution in [2.75, 3.05) is 11.4 Å². The normalized spacial score (nSPS) is 17.4. The molecule has 1 heterocycles. The fourth-order valence-corrected chi connectivity index (χ4v) is 2.88. The van der Waals surface area contributed by atoms with Crippen molar-refractivity contribution in [3.05, 3.63) is 64.9 Å². The molecule has 4 nitrogen and oxygen atoms in total. The average Bonchev–Trinajstić information content (AvgIpc) is 2.88. The van der Waals surface area contributed by atoms with E-state index >= 15 is 0 Å². The molecule has 0 aliphatic carbocycles. The summed E-state index contributed by atoms with van der Waals surface area (Å²) in [7, 11) is 0. The first-order valence-electron chi connectivity index (χ1n) is 7.16. The Bertz CT molecular complexity index is 731. The first kappa shape index (κ1) is 15.5. The van der Waals surface area contributed by atoms with E-state index in [0.717, 1.165) is 5.69 Å². The van der Waals surface area contributed by atoms with Gasteiger partial charge in [0.2, 0.25) is 5.91 Å². The highest BCUT2D eigenvalue weighted by Crippen LogP contribution is 2.23. The summed E-state index contributed by atoms with van der Waals surface area (Å²) in [4.78, 5) is 25.9. The van der Waals surface area contributed by atoms with Gasteiger partial charge in [-0.1, -0.05) is 35.9 Å². The summed E-state index contributed by atoms with van der Waals surface area (Å²) in [5.41, 5.74) is 0.581. The van der Waals surface area contributed by atoms with Crippen LogP contribution < -0.4 is 10.2 Å². The molecule has 2 amide bonds. The molecule has 1 aliphatic heterocycles. The van der Waals surface area contributed by atoms with Crippen LogP contribution in [-0.2, 0) is 4.79 Å². The average molecular weight is 333 g/mol. The van der Waals surface area contributed by atoms with Crippen LogP contribution in [0.3, 0.4) is 0 Å². The quantitative estimate of drug-likeness (QED) is 0.939. The fraction of sp³-hybridized carbons (Fsp3) is 0.176. The summed E-state index contributed by atoms with van der Waals surface area (Å²) in [5.74, 6) is -1.37. The number of carbonyl (C=O) groups excluding carboxylic acids is 2. The van der Waals surface area contributed by atoms with Crippen LogP contribution in [0.15, 0.2) is 48.5 Å². The number of amides is 2. The first-order chi connectivity index (χ1) is 11.1. The van der Waals surface area contributed by atoms with Crippen molar-refractivity contribution in [3.8, 4) is 0 Å². The Hall–Kier alpha value is -2.40. The summed E-state index contributed by atoms with van der Waals surface area (Å²) in [5, 5.41) is 2.73. The number of carbonyl (C=O) groups is 2. The number of anilines is 1. The van der Waals surface area contributed by atoms with Crippen LogP contribution in [0.25, 0.3) is 0 Å². The number of para-hydroxylation sites is 1. The summed E-state index contributed by atoms with van der Waals surface area (Å²) in [6.45, 7) is 0.348. The highest BCUT2D eigenvalue weighted by molar-refractivity contribution is 6.33. The van der Waals surface area contributed by atoms with Crippen molar-refractivity contribution in [1.29, 1.82) is 0 Å². The molecule has 1 N–H and O–H groups in total. The molecular weight excluding hydrogens is 319 g/mol. The second kappa shape index (κ2) is 6.38. The van der Waals surface area contributed by atoms with Gasteiger partial charge in [0.1, 0.15) is 5.82 Å². The van der Waals surface area contributed by atoms with Crippen molar-refractivity contribution < 1.29 is 14.0 Å². The van der Waals surface area contributed by atoms with Crippen molar-refractivity contribution in [3.63, 3.8) is 0 Å². The molecule has 3 rings (SSSR count). The van der Waals surface area contributed by atoms with E-state index in [0.29, 0.717) is 6.54 Å². The third-order valence-corrected chi connectivity index (χ3v) is 4.03. The predicted molar refractivity (Wildman–Crippen MR) is 86.1 cm³/mol. The molecule has 2 aromatic rings. The fourth-order valence-electron chi connectivity index (χ4n) is 2.63. The van der Waals surface area contributed by atoms with E-state index in [2.05, 4.69) is 5.32 Å². The molecule has 0 spiro atoms. The predicted octanol–water partition coefficient (Wildman–Crippen LogP) is 3.01. The van der Waals surface area contributed by atoms with Gasteiger partial charge in [-0.15, -0.1) is 0 Å². The van der Waals surface area contributed by atoms with Gasteiger partial charge in [0, 0.05) is 18.7 Å². The standard InChI is InChI=1S/C17H14ClFN2O2/c18-13-7-4-8-14(19)16(13)17(23)20-11-9-15(22)21(10-11)12-5-2-1-3-6-12/h1-8,11H,9-10H2,(H,20,23)/t11-/m0/s1. The zero-order chi connectivity index (χ0) is 16.4. The number of hydrogen-bond donors (Lipinski definition) is 1. The smallest absolute Gasteiger partial charge is 0.256 e. The molecular formula is C17H14ClFN2O2. The monoisotopic (exact) mass is 332 g/mol. The second-order valence-corrected chi connectivity index (χ2v) is 5.72. The third-order valence-electron chi connectivity index (χ3n) is 3.72. The zero-order valence-corrected chi connectivity index (χ0v) is 12.9. The zero-order valence-electron chi connectivity index (χ0n) is 12.1. The van der Waals surface area contributed by atoms with Gasteiger partial charge in [-0.25, -0.2) is 4.39 Å². The highest BCUT2D eigenvalue weighted by atomic mass is 35.5. The van der Waals surface area contributed by atoms with Crippen LogP contribution in [0, 0.1) is 5.82 Å². The lowest BCUT2D eigenvalue weighted by molar-refractivity contribution is -0.117. The summed E-state index contributed by atoms with van der Waals surface area (Å²) in [6, 6.07) is 12.9. The molecule has 1 aliphatic rings. The minimum absolute atomic E-state index is 0.0479.